The van der Waals surface area contributed by atoms with E-state index in [1.54, 1.807) is 0 Å². The second-order valence-corrected chi connectivity index (χ2v) is 9.91. The third-order valence-electron chi connectivity index (χ3n) is 6.77. The summed E-state index contributed by atoms with van der Waals surface area (Å²) in [5.41, 5.74) is 4.14. The highest BCUT2D eigenvalue weighted by Crippen LogP contribution is 2.35. The van der Waals surface area contributed by atoms with E-state index in [2.05, 4.69) is 31.3 Å². The van der Waals surface area contributed by atoms with Crippen molar-refractivity contribution in [1.29, 1.82) is 0 Å². The number of rotatable bonds is 10. The predicted octanol–water partition coefficient (Wildman–Crippen LogP) is 6.29. The molecule has 0 amide bonds. The SMILES string of the molecule is Cc1cc(OC(C)C2=C(C(C)C)NC(c3ccc(OC4CCCC4)cc3)O2)ccc1CCC(=O)O. The Hall–Kier alpha value is -3.15. The molecule has 2 aromatic rings. The van der Waals surface area contributed by atoms with Crippen LogP contribution in [0.2, 0.25) is 0 Å². The monoisotopic (exact) mass is 479 g/mol. The topological polar surface area (TPSA) is 77.0 Å². The van der Waals surface area contributed by atoms with Gasteiger partial charge in [0.05, 0.1) is 11.8 Å². The van der Waals surface area contributed by atoms with Gasteiger partial charge in [0, 0.05) is 12.0 Å². The lowest BCUT2D eigenvalue weighted by molar-refractivity contribution is -0.136. The number of allylic oxidation sites excluding steroid dienone is 1. The maximum Gasteiger partial charge on any atom is 0.303 e. The van der Waals surface area contributed by atoms with Crippen LogP contribution in [0.25, 0.3) is 0 Å². The maximum atomic E-state index is 10.9. The molecular weight excluding hydrogens is 442 g/mol. The quantitative estimate of drug-likeness (QED) is 0.417. The molecule has 1 aliphatic heterocycles. The first-order valence-electron chi connectivity index (χ1n) is 12.7. The van der Waals surface area contributed by atoms with E-state index < -0.39 is 5.97 Å². The number of nitrogens with one attached hydrogen (secondary N) is 1. The van der Waals surface area contributed by atoms with Gasteiger partial charge in [-0.05, 0) is 99.4 Å². The van der Waals surface area contributed by atoms with Crippen molar-refractivity contribution in [2.24, 2.45) is 5.92 Å². The minimum Gasteiger partial charge on any atom is -0.490 e. The van der Waals surface area contributed by atoms with Crippen molar-refractivity contribution >= 4 is 5.97 Å². The Bertz CT molecular complexity index is 1050. The summed E-state index contributed by atoms with van der Waals surface area (Å²) in [4.78, 5) is 10.9. The van der Waals surface area contributed by atoms with E-state index in [1.165, 1.54) is 12.8 Å². The average Bonchev–Trinajstić information content (AvgIpc) is 3.49. The fourth-order valence-electron chi connectivity index (χ4n) is 4.79. The number of carbonyl (C=O) groups is 1. The molecule has 0 bridgehead atoms. The van der Waals surface area contributed by atoms with Gasteiger partial charge in [-0.3, -0.25) is 4.79 Å². The highest BCUT2D eigenvalue weighted by atomic mass is 16.6. The fraction of sp³-hybridized carbons (Fsp3) is 0.483. The van der Waals surface area contributed by atoms with Crippen LogP contribution in [0.5, 0.6) is 11.5 Å². The van der Waals surface area contributed by atoms with Crippen LogP contribution < -0.4 is 14.8 Å². The molecule has 4 rings (SSSR count). The first-order valence-corrected chi connectivity index (χ1v) is 12.7. The largest absolute Gasteiger partial charge is 0.490 e. The van der Waals surface area contributed by atoms with Crippen molar-refractivity contribution in [3.05, 3.63) is 70.6 Å². The van der Waals surface area contributed by atoms with Crippen LogP contribution in [0.15, 0.2) is 53.9 Å². The second-order valence-electron chi connectivity index (χ2n) is 9.91. The summed E-state index contributed by atoms with van der Waals surface area (Å²) >= 11 is 0. The van der Waals surface area contributed by atoms with Crippen LogP contribution in [0, 0.1) is 12.8 Å². The summed E-state index contributed by atoms with van der Waals surface area (Å²) in [6, 6.07) is 14.0. The fourth-order valence-corrected chi connectivity index (χ4v) is 4.79. The van der Waals surface area contributed by atoms with E-state index in [4.69, 9.17) is 19.3 Å². The van der Waals surface area contributed by atoms with Gasteiger partial charge in [0.15, 0.2) is 18.1 Å². The number of carboxylic acids is 1. The third-order valence-corrected chi connectivity index (χ3v) is 6.77. The Labute approximate surface area is 208 Å². The van der Waals surface area contributed by atoms with Gasteiger partial charge in [0.1, 0.15) is 11.5 Å². The minimum absolute atomic E-state index is 0.122. The van der Waals surface area contributed by atoms with Crippen LogP contribution >= 0.6 is 0 Å². The van der Waals surface area contributed by atoms with Crippen molar-refractivity contribution in [3.63, 3.8) is 0 Å². The molecule has 6 heteroatoms. The van der Waals surface area contributed by atoms with Gasteiger partial charge >= 0.3 is 5.97 Å². The first-order chi connectivity index (χ1) is 16.8. The van der Waals surface area contributed by atoms with Crippen LogP contribution in [-0.2, 0) is 16.0 Å². The Kier molecular flexibility index (Phi) is 7.89. The van der Waals surface area contributed by atoms with Gasteiger partial charge in [-0.15, -0.1) is 0 Å². The summed E-state index contributed by atoms with van der Waals surface area (Å²) in [5.74, 6) is 1.93. The van der Waals surface area contributed by atoms with Gasteiger partial charge in [-0.25, -0.2) is 0 Å². The van der Waals surface area contributed by atoms with Gasteiger partial charge < -0.3 is 24.6 Å². The molecule has 35 heavy (non-hydrogen) atoms. The van der Waals surface area contributed by atoms with Crippen molar-refractivity contribution in [2.45, 2.75) is 84.7 Å². The zero-order valence-electron chi connectivity index (χ0n) is 21.2. The van der Waals surface area contributed by atoms with E-state index >= 15 is 0 Å². The first kappa shape index (κ1) is 25.0. The highest BCUT2D eigenvalue weighted by molar-refractivity contribution is 5.67. The Morgan fingerprint density at radius 2 is 1.77 bits per heavy atom. The van der Waals surface area contributed by atoms with E-state index in [0.717, 1.165) is 52.5 Å². The molecule has 2 aliphatic rings. The molecule has 1 heterocycles. The Morgan fingerprint density at radius 1 is 1.09 bits per heavy atom. The van der Waals surface area contributed by atoms with E-state index in [1.807, 2.05) is 44.2 Å². The molecule has 0 aromatic heterocycles. The van der Waals surface area contributed by atoms with Gasteiger partial charge in [-0.2, -0.15) is 0 Å². The molecule has 0 saturated heterocycles. The molecule has 188 valence electrons. The lowest BCUT2D eigenvalue weighted by atomic mass is 10.0. The number of hydrogen-bond acceptors (Lipinski definition) is 5. The van der Waals surface area contributed by atoms with Gasteiger partial charge in [0.2, 0.25) is 0 Å². The van der Waals surface area contributed by atoms with Crippen molar-refractivity contribution in [1.82, 2.24) is 5.32 Å². The number of hydrogen-bond donors (Lipinski definition) is 2. The number of carboxylic acid groups (broad SMARTS) is 1. The van der Waals surface area contributed by atoms with E-state index in [9.17, 15) is 4.79 Å². The predicted molar refractivity (Wildman–Crippen MR) is 135 cm³/mol. The molecule has 2 atom stereocenters. The summed E-state index contributed by atoms with van der Waals surface area (Å²) in [7, 11) is 0. The molecule has 1 aliphatic carbocycles. The standard InChI is InChI=1S/C29H37NO5/c1-18(2)27-28(20(4)33-25-15-9-21(19(3)17-25)12-16-26(31)32)35-29(30-27)22-10-13-24(14-11-22)34-23-7-5-6-8-23/h9-11,13-15,17-18,20,23,29-30H,5-8,12,16H2,1-4H3,(H,31,32). The summed E-state index contributed by atoms with van der Waals surface area (Å²) in [6.07, 6.45) is 5.22. The zero-order chi connectivity index (χ0) is 24.9. The summed E-state index contributed by atoms with van der Waals surface area (Å²) in [6.45, 7) is 8.26. The molecule has 2 aromatic carbocycles. The second kappa shape index (κ2) is 11.1. The van der Waals surface area contributed by atoms with E-state index in [0.29, 0.717) is 12.5 Å². The Morgan fingerprint density at radius 3 is 2.40 bits per heavy atom. The molecule has 1 saturated carbocycles. The molecular formula is C29H37NO5. The number of benzene rings is 2. The molecule has 6 nitrogen and oxygen atoms in total. The summed E-state index contributed by atoms with van der Waals surface area (Å²) < 4.78 is 18.7. The average molecular weight is 480 g/mol. The van der Waals surface area contributed by atoms with Crippen LogP contribution in [-0.4, -0.2) is 23.3 Å². The number of aliphatic carboxylic acids is 1. The van der Waals surface area contributed by atoms with Gasteiger partial charge in [-0.1, -0.05) is 19.9 Å². The van der Waals surface area contributed by atoms with Crippen molar-refractivity contribution in [3.8, 4) is 11.5 Å². The van der Waals surface area contributed by atoms with Crippen LogP contribution in [0.1, 0.15) is 75.8 Å². The summed E-state index contributed by atoms with van der Waals surface area (Å²) in [5, 5.41) is 12.5. The molecule has 1 fully saturated rings. The Balaban J connectivity index is 1.41. The number of aryl methyl sites for hydroxylation is 2. The molecule has 2 N–H and O–H groups in total. The molecule has 0 radical (unpaired) electrons. The maximum absolute atomic E-state index is 10.9. The lowest BCUT2D eigenvalue weighted by Crippen LogP contribution is -2.19. The third kappa shape index (κ3) is 6.30. The van der Waals surface area contributed by atoms with E-state index in [-0.39, 0.29) is 24.7 Å². The highest BCUT2D eigenvalue weighted by Gasteiger charge is 2.32. The van der Waals surface area contributed by atoms with Crippen LogP contribution in [0.3, 0.4) is 0 Å². The molecule has 2 unspecified atom stereocenters. The molecule has 0 spiro atoms. The van der Waals surface area contributed by atoms with Crippen LogP contribution in [0.4, 0.5) is 0 Å². The minimum atomic E-state index is -0.789. The van der Waals surface area contributed by atoms with Crippen molar-refractivity contribution in [2.75, 3.05) is 0 Å². The normalized spacial score (nSPS) is 18.9. The number of ether oxygens (including phenoxy) is 3. The zero-order valence-corrected chi connectivity index (χ0v) is 21.2. The van der Waals surface area contributed by atoms with Crippen molar-refractivity contribution < 1.29 is 24.1 Å². The smallest absolute Gasteiger partial charge is 0.303 e. The lowest BCUT2D eigenvalue weighted by Gasteiger charge is -2.19. The van der Waals surface area contributed by atoms with Gasteiger partial charge in [0.25, 0.3) is 0 Å².